The molecule has 4 rings (SSSR count). The van der Waals surface area contributed by atoms with E-state index in [4.69, 9.17) is 4.74 Å². The Bertz CT molecular complexity index is 933. The van der Waals surface area contributed by atoms with Crippen LogP contribution in [0.3, 0.4) is 0 Å². The quantitative estimate of drug-likeness (QED) is 0.742. The van der Waals surface area contributed by atoms with Crippen LogP contribution in [0.5, 0.6) is 0 Å². The first kappa shape index (κ1) is 20.6. The van der Waals surface area contributed by atoms with Gasteiger partial charge >= 0.3 is 5.91 Å². The Hall–Kier alpha value is -2.70. The van der Waals surface area contributed by atoms with Gasteiger partial charge in [0.05, 0.1) is 31.5 Å². The SMILES string of the molecule is CC(C)c1ccc2c(c1)C(=O)C(=O)N2C[NH+](C)Cc1ccc(N2CCOCC2)cc1. The molecule has 1 N–H and O–H groups in total. The number of anilines is 2. The predicted molar refractivity (Wildman–Crippen MR) is 117 cm³/mol. The largest absolute Gasteiger partial charge is 0.378 e. The lowest BCUT2D eigenvalue weighted by molar-refractivity contribution is -0.892. The van der Waals surface area contributed by atoms with Gasteiger partial charge in [-0.05, 0) is 35.7 Å². The summed E-state index contributed by atoms with van der Waals surface area (Å²) >= 11 is 0. The first-order chi connectivity index (χ1) is 14.4. The topological polar surface area (TPSA) is 54.3 Å². The lowest BCUT2D eigenvalue weighted by atomic mass is 9.99. The van der Waals surface area contributed by atoms with E-state index in [9.17, 15) is 9.59 Å². The van der Waals surface area contributed by atoms with Gasteiger partial charge in [0, 0.05) is 24.3 Å². The molecule has 1 fully saturated rings. The third kappa shape index (κ3) is 4.11. The highest BCUT2D eigenvalue weighted by Crippen LogP contribution is 2.31. The number of Topliss-reactive ketones (excluding diaryl/α,β-unsaturated/α-hetero) is 1. The second-order valence-corrected chi connectivity index (χ2v) is 8.55. The highest BCUT2D eigenvalue weighted by Gasteiger charge is 2.37. The fourth-order valence-corrected chi connectivity index (χ4v) is 4.15. The number of nitrogens with zero attached hydrogens (tertiary/aromatic N) is 2. The van der Waals surface area contributed by atoms with Crippen molar-refractivity contribution >= 4 is 23.1 Å². The lowest BCUT2D eigenvalue weighted by Crippen LogP contribution is -3.09. The monoisotopic (exact) mass is 408 g/mol. The predicted octanol–water partition coefficient (Wildman–Crippen LogP) is 1.85. The minimum Gasteiger partial charge on any atom is -0.378 e. The van der Waals surface area contributed by atoms with Gasteiger partial charge in [-0.15, -0.1) is 0 Å². The number of nitrogens with one attached hydrogen (secondary N) is 1. The first-order valence-electron chi connectivity index (χ1n) is 10.7. The van der Waals surface area contributed by atoms with Crippen LogP contribution in [0.1, 0.15) is 41.3 Å². The minimum absolute atomic E-state index is 0.320. The molecule has 2 heterocycles. The summed E-state index contributed by atoms with van der Waals surface area (Å²) < 4.78 is 5.42. The fraction of sp³-hybridized carbons (Fsp3) is 0.417. The van der Waals surface area contributed by atoms with E-state index in [0.29, 0.717) is 18.2 Å². The average molecular weight is 409 g/mol. The van der Waals surface area contributed by atoms with E-state index in [2.05, 4.69) is 43.0 Å². The number of ketones is 1. The van der Waals surface area contributed by atoms with Gasteiger partial charge in [-0.2, -0.15) is 0 Å². The summed E-state index contributed by atoms with van der Waals surface area (Å²) in [5, 5.41) is 0. The molecule has 158 valence electrons. The van der Waals surface area contributed by atoms with Gasteiger partial charge in [0.25, 0.3) is 5.78 Å². The molecule has 2 aliphatic heterocycles. The Morgan fingerprint density at radius 2 is 1.73 bits per heavy atom. The van der Waals surface area contributed by atoms with Gasteiger partial charge in [0.15, 0.2) is 6.67 Å². The Kier molecular flexibility index (Phi) is 5.88. The summed E-state index contributed by atoms with van der Waals surface area (Å²) in [6, 6.07) is 14.4. The van der Waals surface area contributed by atoms with Crippen LogP contribution < -0.4 is 14.7 Å². The van der Waals surface area contributed by atoms with Gasteiger partial charge < -0.3 is 14.5 Å². The van der Waals surface area contributed by atoms with Crippen LogP contribution >= 0.6 is 0 Å². The van der Waals surface area contributed by atoms with Crippen LogP contribution in [0, 0.1) is 0 Å². The van der Waals surface area contributed by atoms with Crippen molar-refractivity contribution in [2.45, 2.75) is 26.3 Å². The van der Waals surface area contributed by atoms with E-state index < -0.39 is 11.7 Å². The Morgan fingerprint density at radius 3 is 2.40 bits per heavy atom. The maximum Gasteiger partial charge on any atom is 0.303 e. The molecule has 1 amide bonds. The molecular weight excluding hydrogens is 378 g/mol. The first-order valence-corrected chi connectivity index (χ1v) is 10.7. The molecule has 2 aromatic rings. The number of ether oxygens (including phenoxy) is 1. The van der Waals surface area contributed by atoms with Crippen molar-refractivity contribution in [2.24, 2.45) is 0 Å². The molecule has 2 aromatic carbocycles. The smallest absolute Gasteiger partial charge is 0.303 e. The minimum atomic E-state index is -0.423. The molecule has 6 nitrogen and oxygen atoms in total. The number of carbonyl (C=O) groups is 2. The third-order valence-corrected chi connectivity index (χ3v) is 5.91. The summed E-state index contributed by atoms with van der Waals surface area (Å²) in [5.41, 5.74) is 4.77. The Balaban J connectivity index is 1.42. The molecule has 0 bridgehead atoms. The second kappa shape index (κ2) is 8.58. The second-order valence-electron chi connectivity index (χ2n) is 8.55. The molecule has 0 aromatic heterocycles. The number of rotatable bonds is 6. The zero-order chi connectivity index (χ0) is 21.3. The van der Waals surface area contributed by atoms with E-state index in [1.165, 1.54) is 11.3 Å². The van der Waals surface area contributed by atoms with Crippen LogP contribution in [0.2, 0.25) is 0 Å². The lowest BCUT2D eigenvalue weighted by Gasteiger charge is -2.29. The molecule has 0 spiro atoms. The van der Waals surface area contributed by atoms with Crippen molar-refractivity contribution < 1.29 is 19.2 Å². The van der Waals surface area contributed by atoms with Crippen molar-refractivity contribution in [3.63, 3.8) is 0 Å². The summed E-state index contributed by atoms with van der Waals surface area (Å²) in [4.78, 5) is 30.2. The molecule has 6 heteroatoms. The van der Waals surface area contributed by atoms with Crippen molar-refractivity contribution in [1.29, 1.82) is 0 Å². The summed E-state index contributed by atoms with van der Waals surface area (Å²) in [7, 11) is 2.05. The number of quaternary nitrogens is 1. The molecule has 1 atom stereocenters. The zero-order valence-electron chi connectivity index (χ0n) is 18.0. The third-order valence-electron chi connectivity index (χ3n) is 5.91. The van der Waals surface area contributed by atoms with E-state index >= 15 is 0 Å². The highest BCUT2D eigenvalue weighted by atomic mass is 16.5. The van der Waals surface area contributed by atoms with Crippen molar-refractivity contribution in [2.75, 3.05) is 49.8 Å². The van der Waals surface area contributed by atoms with Gasteiger partial charge in [-0.1, -0.05) is 32.0 Å². The van der Waals surface area contributed by atoms with E-state index in [0.717, 1.165) is 49.0 Å². The highest BCUT2D eigenvalue weighted by molar-refractivity contribution is 6.52. The Morgan fingerprint density at radius 1 is 1.03 bits per heavy atom. The van der Waals surface area contributed by atoms with Crippen LogP contribution in [0.4, 0.5) is 11.4 Å². The van der Waals surface area contributed by atoms with Gasteiger partial charge in [-0.3, -0.25) is 14.5 Å². The Labute approximate surface area is 178 Å². The fourth-order valence-electron chi connectivity index (χ4n) is 4.15. The van der Waals surface area contributed by atoms with Gasteiger partial charge in [0.2, 0.25) is 0 Å². The van der Waals surface area contributed by atoms with E-state index in [-0.39, 0.29) is 0 Å². The maximum atomic E-state index is 12.6. The number of amides is 1. The summed E-state index contributed by atoms with van der Waals surface area (Å²) in [5.74, 6) is -0.496. The maximum absolute atomic E-state index is 12.6. The summed E-state index contributed by atoms with van der Waals surface area (Å²) in [6.45, 7) is 8.81. The number of fused-ring (bicyclic) bond motifs is 1. The van der Waals surface area contributed by atoms with Crippen LogP contribution in [-0.4, -0.2) is 51.7 Å². The van der Waals surface area contributed by atoms with Gasteiger partial charge in [-0.25, -0.2) is 0 Å². The summed E-state index contributed by atoms with van der Waals surface area (Å²) in [6.07, 6.45) is 0. The number of hydrogen-bond acceptors (Lipinski definition) is 4. The molecule has 0 saturated carbocycles. The van der Waals surface area contributed by atoms with E-state index in [1.807, 2.05) is 25.2 Å². The zero-order valence-corrected chi connectivity index (χ0v) is 18.0. The molecule has 1 unspecified atom stereocenters. The van der Waals surface area contributed by atoms with Crippen molar-refractivity contribution in [1.82, 2.24) is 0 Å². The number of carbonyl (C=O) groups excluding carboxylic acids is 2. The molecule has 1 saturated heterocycles. The van der Waals surface area contributed by atoms with Crippen molar-refractivity contribution in [3.05, 3.63) is 59.2 Å². The van der Waals surface area contributed by atoms with E-state index in [1.54, 1.807) is 4.90 Å². The molecule has 2 aliphatic rings. The molecule has 0 radical (unpaired) electrons. The average Bonchev–Trinajstić information content (AvgIpc) is 2.99. The molecule has 30 heavy (non-hydrogen) atoms. The number of hydrogen-bond donors (Lipinski definition) is 1. The number of morpholine rings is 1. The normalized spacial score (nSPS) is 17.6. The molecular formula is C24H30N3O3+. The number of benzene rings is 2. The van der Waals surface area contributed by atoms with Crippen LogP contribution in [-0.2, 0) is 16.1 Å². The molecule has 0 aliphatic carbocycles. The van der Waals surface area contributed by atoms with Crippen molar-refractivity contribution in [3.8, 4) is 0 Å². The van der Waals surface area contributed by atoms with Crippen LogP contribution in [0.25, 0.3) is 0 Å². The van der Waals surface area contributed by atoms with Crippen LogP contribution in [0.15, 0.2) is 42.5 Å². The standard InChI is InChI=1S/C24H29N3O3/c1-17(2)19-6-9-22-21(14-19)23(28)24(29)27(22)16-25(3)15-18-4-7-20(8-5-18)26-10-12-30-13-11-26/h4-9,14,17H,10-13,15-16H2,1-3H3/p+1. The van der Waals surface area contributed by atoms with Gasteiger partial charge in [0.1, 0.15) is 6.54 Å².